The highest BCUT2D eigenvalue weighted by molar-refractivity contribution is 6.05. The zero-order valence-corrected chi connectivity index (χ0v) is 19.5. The van der Waals surface area contributed by atoms with Crippen molar-refractivity contribution < 1.29 is 14.3 Å². The fraction of sp³-hybridized carbons (Fsp3) is 0.185. The van der Waals surface area contributed by atoms with Gasteiger partial charge in [0, 0.05) is 36.5 Å². The number of amides is 2. The molecule has 0 saturated heterocycles. The number of hydrogen-bond acceptors (Lipinski definition) is 5. The molecule has 2 aromatic carbocycles. The van der Waals surface area contributed by atoms with Crippen LogP contribution in [-0.2, 0) is 10.2 Å². The summed E-state index contributed by atoms with van der Waals surface area (Å²) >= 11 is 0. The molecule has 2 amide bonds. The minimum atomic E-state index is -0.235. The number of carbonyl (C=O) groups is 2. The van der Waals surface area contributed by atoms with Crippen molar-refractivity contribution >= 4 is 34.2 Å². The van der Waals surface area contributed by atoms with Gasteiger partial charge in [-0.3, -0.25) is 14.6 Å². The van der Waals surface area contributed by atoms with E-state index in [4.69, 9.17) is 4.74 Å². The van der Waals surface area contributed by atoms with Crippen LogP contribution in [0.1, 0.15) is 43.6 Å². The van der Waals surface area contributed by atoms with Crippen LogP contribution in [0.4, 0.5) is 11.5 Å². The Balaban J connectivity index is 1.54. The van der Waals surface area contributed by atoms with Crippen LogP contribution in [0.3, 0.4) is 0 Å². The second kappa shape index (κ2) is 9.31. The molecule has 0 aliphatic heterocycles. The van der Waals surface area contributed by atoms with Gasteiger partial charge in [-0.2, -0.15) is 0 Å². The number of carbonyl (C=O) groups excluding carboxylic acids is 2. The van der Waals surface area contributed by atoms with E-state index in [1.165, 1.54) is 6.92 Å². The summed E-state index contributed by atoms with van der Waals surface area (Å²) in [7, 11) is 0. The van der Waals surface area contributed by atoms with Gasteiger partial charge in [0.2, 0.25) is 5.91 Å². The lowest BCUT2D eigenvalue weighted by Crippen LogP contribution is -2.15. The van der Waals surface area contributed by atoms with Crippen LogP contribution in [-0.4, -0.2) is 21.8 Å². The summed E-state index contributed by atoms with van der Waals surface area (Å²) in [6.07, 6.45) is 3.12. The minimum Gasteiger partial charge on any atom is -0.457 e. The van der Waals surface area contributed by atoms with Crippen molar-refractivity contribution in [3.05, 3.63) is 84.2 Å². The van der Waals surface area contributed by atoms with Crippen LogP contribution < -0.4 is 15.4 Å². The number of nitrogens with one attached hydrogen (secondary N) is 2. The van der Waals surface area contributed by atoms with Gasteiger partial charge in [0.1, 0.15) is 17.3 Å². The third-order valence-electron chi connectivity index (χ3n) is 5.17. The van der Waals surface area contributed by atoms with Crippen molar-refractivity contribution in [1.29, 1.82) is 0 Å². The molecule has 2 heterocycles. The Kier molecular flexibility index (Phi) is 6.27. The first-order chi connectivity index (χ1) is 16.2. The smallest absolute Gasteiger partial charge is 0.257 e. The molecule has 0 aliphatic carbocycles. The molecule has 7 nitrogen and oxygen atoms in total. The molecule has 0 fully saturated rings. The SMILES string of the molecule is CC(=O)Nc1cc(Oc2ccc3ncc(C(=O)Nc4cccc(C(C)(C)C)c4)cc3c2)ccn1. The van der Waals surface area contributed by atoms with E-state index in [9.17, 15) is 9.59 Å². The molecule has 2 N–H and O–H groups in total. The van der Waals surface area contributed by atoms with Crippen LogP contribution in [0, 0.1) is 0 Å². The van der Waals surface area contributed by atoms with Crippen molar-refractivity contribution in [1.82, 2.24) is 9.97 Å². The monoisotopic (exact) mass is 454 g/mol. The lowest BCUT2D eigenvalue weighted by Gasteiger charge is -2.19. The number of fused-ring (bicyclic) bond motifs is 1. The number of hydrogen-bond donors (Lipinski definition) is 2. The Labute approximate surface area is 198 Å². The van der Waals surface area contributed by atoms with Gasteiger partial charge in [0.05, 0.1) is 11.1 Å². The molecule has 0 bridgehead atoms. The van der Waals surface area contributed by atoms with Gasteiger partial charge in [0.15, 0.2) is 0 Å². The number of aromatic nitrogens is 2. The maximum absolute atomic E-state index is 12.9. The van der Waals surface area contributed by atoms with E-state index in [0.29, 0.717) is 22.9 Å². The Morgan fingerprint density at radius 1 is 0.882 bits per heavy atom. The summed E-state index contributed by atoms with van der Waals surface area (Å²) in [6, 6.07) is 18.4. The van der Waals surface area contributed by atoms with Crippen molar-refractivity contribution in [2.45, 2.75) is 33.1 Å². The zero-order valence-electron chi connectivity index (χ0n) is 19.5. The van der Waals surface area contributed by atoms with Gasteiger partial charge >= 0.3 is 0 Å². The number of anilines is 2. The fourth-order valence-corrected chi connectivity index (χ4v) is 3.42. The van der Waals surface area contributed by atoms with E-state index < -0.39 is 0 Å². The third kappa shape index (κ3) is 5.56. The predicted octanol–water partition coefficient (Wildman–Crippen LogP) is 5.93. The molecule has 0 aliphatic rings. The minimum absolute atomic E-state index is 0.0145. The van der Waals surface area contributed by atoms with Gasteiger partial charge < -0.3 is 15.4 Å². The third-order valence-corrected chi connectivity index (χ3v) is 5.17. The topological polar surface area (TPSA) is 93.2 Å². The Hall–Kier alpha value is -4.26. The van der Waals surface area contributed by atoms with Gasteiger partial charge in [0.25, 0.3) is 5.91 Å². The standard InChI is InChI=1S/C27H26N4O3/c1-17(32)30-25-15-23(10-11-28-25)34-22-8-9-24-18(13-22)12-19(16-29-24)26(33)31-21-7-5-6-20(14-21)27(2,3)4/h5-16H,1-4H3,(H,31,33)(H,28,30,32). The van der Waals surface area contributed by atoms with Crippen LogP contribution in [0.5, 0.6) is 11.5 Å². The van der Waals surface area contributed by atoms with E-state index in [2.05, 4.69) is 47.4 Å². The molecule has 7 heteroatoms. The molecule has 0 unspecified atom stereocenters. The first-order valence-corrected chi connectivity index (χ1v) is 10.9. The van der Waals surface area contributed by atoms with E-state index >= 15 is 0 Å². The fourth-order valence-electron chi connectivity index (χ4n) is 3.42. The molecule has 2 aromatic heterocycles. The highest BCUT2D eigenvalue weighted by atomic mass is 16.5. The quantitative estimate of drug-likeness (QED) is 0.390. The maximum Gasteiger partial charge on any atom is 0.257 e. The van der Waals surface area contributed by atoms with E-state index in [0.717, 1.165) is 22.2 Å². The maximum atomic E-state index is 12.9. The first kappa shape index (κ1) is 22.9. The van der Waals surface area contributed by atoms with Crippen molar-refractivity contribution in [3.63, 3.8) is 0 Å². The molecule has 34 heavy (non-hydrogen) atoms. The summed E-state index contributed by atoms with van der Waals surface area (Å²) in [5.41, 5.74) is 3.05. The number of rotatable bonds is 5. The van der Waals surface area contributed by atoms with E-state index in [1.807, 2.05) is 30.3 Å². The van der Waals surface area contributed by atoms with Gasteiger partial charge in [-0.05, 0) is 53.4 Å². The molecule has 0 atom stereocenters. The average molecular weight is 455 g/mol. The van der Waals surface area contributed by atoms with Gasteiger partial charge in [-0.15, -0.1) is 0 Å². The molecule has 0 radical (unpaired) electrons. The molecule has 0 saturated carbocycles. The van der Waals surface area contributed by atoms with Crippen LogP contribution >= 0.6 is 0 Å². The molecule has 4 rings (SSSR count). The average Bonchev–Trinajstić information content (AvgIpc) is 2.78. The van der Waals surface area contributed by atoms with E-state index in [-0.39, 0.29) is 17.2 Å². The lowest BCUT2D eigenvalue weighted by atomic mass is 9.87. The molecule has 4 aromatic rings. The number of nitrogens with zero attached hydrogens (tertiary/aromatic N) is 2. The van der Waals surface area contributed by atoms with Crippen molar-refractivity contribution in [2.75, 3.05) is 10.6 Å². The normalized spacial score (nSPS) is 11.2. The largest absolute Gasteiger partial charge is 0.457 e. The summed E-state index contributed by atoms with van der Waals surface area (Å²) in [5, 5.41) is 6.36. The summed E-state index contributed by atoms with van der Waals surface area (Å²) in [6.45, 7) is 7.81. The Morgan fingerprint density at radius 2 is 1.68 bits per heavy atom. The van der Waals surface area contributed by atoms with Crippen LogP contribution in [0.15, 0.2) is 73.1 Å². The highest BCUT2D eigenvalue weighted by Gasteiger charge is 2.15. The van der Waals surface area contributed by atoms with E-state index in [1.54, 1.807) is 36.7 Å². The summed E-state index contributed by atoms with van der Waals surface area (Å²) in [4.78, 5) is 32.7. The molecular formula is C27H26N4O3. The predicted molar refractivity (Wildman–Crippen MR) is 133 cm³/mol. The Morgan fingerprint density at radius 3 is 2.44 bits per heavy atom. The summed E-state index contributed by atoms with van der Waals surface area (Å²) < 4.78 is 5.93. The molecular weight excluding hydrogens is 428 g/mol. The number of ether oxygens (including phenoxy) is 1. The van der Waals surface area contributed by atoms with Gasteiger partial charge in [-0.1, -0.05) is 32.9 Å². The number of benzene rings is 2. The van der Waals surface area contributed by atoms with Crippen LogP contribution in [0.2, 0.25) is 0 Å². The summed E-state index contributed by atoms with van der Waals surface area (Å²) in [5.74, 6) is 1.06. The zero-order chi connectivity index (χ0) is 24.3. The van der Waals surface area contributed by atoms with Crippen LogP contribution in [0.25, 0.3) is 10.9 Å². The van der Waals surface area contributed by atoms with Crippen molar-refractivity contribution in [2.24, 2.45) is 0 Å². The molecule has 0 spiro atoms. The molecule has 172 valence electrons. The second-order valence-electron chi connectivity index (χ2n) is 9.02. The highest BCUT2D eigenvalue weighted by Crippen LogP contribution is 2.27. The second-order valence-corrected chi connectivity index (χ2v) is 9.02. The Bertz CT molecular complexity index is 1380. The van der Waals surface area contributed by atoms with Crippen molar-refractivity contribution in [3.8, 4) is 11.5 Å². The lowest BCUT2D eigenvalue weighted by molar-refractivity contribution is -0.114. The number of pyridine rings is 2. The van der Waals surface area contributed by atoms with Gasteiger partial charge in [-0.25, -0.2) is 4.98 Å². The first-order valence-electron chi connectivity index (χ1n) is 10.9.